The van der Waals surface area contributed by atoms with E-state index in [0.29, 0.717) is 34.2 Å². The Bertz CT molecular complexity index is 1190. The number of nitrogens with zero attached hydrogens (tertiary/aromatic N) is 1. The van der Waals surface area contributed by atoms with Gasteiger partial charge in [0.05, 0.1) is 14.2 Å². The number of anilines is 1. The van der Waals surface area contributed by atoms with E-state index in [1.807, 2.05) is 48.5 Å². The number of ketones is 1. The first kappa shape index (κ1) is 19.6. The molecule has 6 nitrogen and oxygen atoms in total. The third-order valence-corrected chi connectivity index (χ3v) is 4.77. The topological polar surface area (TPSA) is 73.6 Å². The first-order chi connectivity index (χ1) is 14.6. The highest BCUT2D eigenvalue weighted by atomic mass is 32.1. The molecule has 0 saturated carbocycles. The largest absolute Gasteiger partial charge is 0.497 e. The summed E-state index contributed by atoms with van der Waals surface area (Å²) < 4.78 is 16.3. The molecule has 0 aliphatic rings. The lowest BCUT2D eigenvalue weighted by Crippen LogP contribution is -2.21. The van der Waals surface area contributed by atoms with Crippen LogP contribution in [0.5, 0.6) is 11.5 Å². The van der Waals surface area contributed by atoms with Crippen LogP contribution in [0.15, 0.2) is 71.1 Å². The Morgan fingerprint density at radius 1 is 0.967 bits per heavy atom. The zero-order valence-corrected chi connectivity index (χ0v) is 17.2. The van der Waals surface area contributed by atoms with E-state index < -0.39 is 0 Å². The van der Waals surface area contributed by atoms with Crippen LogP contribution < -0.4 is 14.8 Å². The van der Waals surface area contributed by atoms with Crippen LogP contribution in [0, 0.1) is 0 Å². The number of aromatic nitrogens is 1. The predicted octanol–water partition coefficient (Wildman–Crippen LogP) is 5.13. The summed E-state index contributed by atoms with van der Waals surface area (Å²) in [6.07, 6.45) is 0. The first-order valence-corrected chi connectivity index (χ1v) is 9.53. The number of fused-ring (bicyclic) bond motifs is 1. The quantitative estimate of drug-likeness (QED) is 0.343. The lowest BCUT2D eigenvalue weighted by Gasteiger charge is -2.10. The zero-order chi connectivity index (χ0) is 21.1. The van der Waals surface area contributed by atoms with Gasteiger partial charge in [0.2, 0.25) is 11.7 Å². The number of oxazole rings is 1. The monoisotopic (exact) mass is 418 g/mol. The SMILES string of the molecule is COc1cc(OC)cc(C(=O)C(=S)Nc2cccc(-c3nc4ccccc4o3)c2)c1. The number of Topliss-reactive ketones (excluding diaryl/α,β-unsaturated/α-hetero) is 1. The molecule has 1 aromatic heterocycles. The minimum Gasteiger partial charge on any atom is -0.497 e. The van der Waals surface area contributed by atoms with Crippen molar-refractivity contribution in [2.45, 2.75) is 0 Å². The van der Waals surface area contributed by atoms with E-state index in [0.717, 1.165) is 11.1 Å². The van der Waals surface area contributed by atoms with Gasteiger partial charge < -0.3 is 19.2 Å². The minimum atomic E-state index is -0.338. The van der Waals surface area contributed by atoms with Crippen molar-refractivity contribution in [3.05, 3.63) is 72.3 Å². The second kappa shape index (κ2) is 8.34. The molecule has 4 rings (SSSR count). The smallest absolute Gasteiger partial charge is 0.227 e. The van der Waals surface area contributed by atoms with Gasteiger partial charge in [-0.05, 0) is 42.5 Å². The lowest BCUT2D eigenvalue weighted by atomic mass is 10.1. The van der Waals surface area contributed by atoms with Gasteiger partial charge >= 0.3 is 0 Å². The fraction of sp³-hybridized carbons (Fsp3) is 0.0870. The van der Waals surface area contributed by atoms with Crippen molar-refractivity contribution < 1.29 is 18.7 Å². The summed E-state index contributed by atoms with van der Waals surface area (Å²) in [6.45, 7) is 0. The van der Waals surface area contributed by atoms with Crippen molar-refractivity contribution in [1.82, 2.24) is 4.98 Å². The van der Waals surface area contributed by atoms with Gasteiger partial charge in [-0.3, -0.25) is 4.79 Å². The summed E-state index contributed by atoms with van der Waals surface area (Å²) in [7, 11) is 3.05. The summed E-state index contributed by atoms with van der Waals surface area (Å²) in [4.78, 5) is 17.4. The molecule has 30 heavy (non-hydrogen) atoms. The van der Waals surface area contributed by atoms with E-state index in [-0.39, 0.29) is 10.8 Å². The van der Waals surface area contributed by atoms with E-state index in [1.54, 1.807) is 18.2 Å². The van der Waals surface area contributed by atoms with E-state index in [1.165, 1.54) is 14.2 Å². The molecule has 0 spiro atoms. The molecule has 1 heterocycles. The maximum absolute atomic E-state index is 12.8. The Morgan fingerprint density at radius 2 is 1.70 bits per heavy atom. The van der Waals surface area contributed by atoms with Crippen LogP contribution in [0.2, 0.25) is 0 Å². The van der Waals surface area contributed by atoms with E-state index in [4.69, 9.17) is 26.1 Å². The molecule has 3 aromatic carbocycles. The summed E-state index contributed by atoms with van der Waals surface area (Å²) in [6, 6.07) is 19.9. The second-order valence-corrected chi connectivity index (χ2v) is 6.86. The Kier molecular flexibility index (Phi) is 5.45. The molecule has 0 bridgehead atoms. The van der Waals surface area contributed by atoms with Crippen LogP contribution in [0.25, 0.3) is 22.6 Å². The van der Waals surface area contributed by atoms with Crippen LogP contribution in [-0.2, 0) is 0 Å². The zero-order valence-electron chi connectivity index (χ0n) is 16.3. The molecule has 0 saturated heterocycles. The van der Waals surface area contributed by atoms with Crippen LogP contribution in [0.4, 0.5) is 5.69 Å². The highest BCUT2D eigenvalue weighted by molar-refractivity contribution is 7.82. The van der Waals surface area contributed by atoms with Gasteiger partial charge in [-0.15, -0.1) is 0 Å². The highest BCUT2D eigenvalue weighted by Crippen LogP contribution is 2.27. The third kappa shape index (κ3) is 4.01. The molecule has 0 fully saturated rings. The van der Waals surface area contributed by atoms with Crippen molar-refractivity contribution in [3.63, 3.8) is 0 Å². The maximum atomic E-state index is 12.8. The van der Waals surface area contributed by atoms with Crippen LogP contribution in [0.3, 0.4) is 0 Å². The number of carbonyl (C=O) groups is 1. The number of hydrogen-bond acceptors (Lipinski definition) is 6. The number of hydrogen-bond donors (Lipinski definition) is 1. The average Bonchev–Trinajstić information content (AvgIpc) is 3.22. The fourth-order valence-corrected chi connectivity index (χ4v) is 3.22. The van der Waals surface area contributed by atoms with E-state index in [2.05, 4.69) is 10.3 Å². The predicted molar refractivity (Wildman–Crippen MR) is 120 cm³/mol. The number of thiocarbonyl (C=S) groups is 1. The molecular weight excluding hydrogens is 400 g/mol. The molecule has 7 heteroatoms. The normalized spacial score (nSPS) is 10.6. The summed E-state index contributed by atoms with van der Waals surface area (Å²) in [5, 5.41) is 2.99. The van der Waals surface area contributed by atoms with Gasteiger partial charge in [-0.2, -0.15) is 0 Å². The highest BCUT2D eigenvalue weighted by Gasteiger charge is 2.16. The van der Waals surface area contributed by atoms with Gasteiger partial charge in [0.25, 0.3) is 0 Å². The molecule has 0 atom stereocenters. The van der Waals surface area contributed by atoms with Gasteiger partial charge in [-0.25, -0.2) is 4.98 Å². The molecule has 150 valence electrons. The van der Waals surface area contributed by atoms with E-state index >= 15 is 0 Å². The van der Waals surface area contributed by atoms with Crippen molar-refractivity contribution in [2.24, 2.45) is 0 Å². The average molecular weight is 418 g/mol. The molecule has 0 amide bonds. The van der Waals surface area contributed by atoms with Gasteiger partial charge in [0.15, 0.2) is 10.6 Å². The maximum Gasteiger partial charge on any atom is 0.227 e. The Morgan fingerprint density at radius 3 is 2.40 bits per heavy atom. The Balaban J connectivity index is 1.56. The standard InChI is InChI=1S/C23H18N2O4S/c1-27-17-11-15(12-18(13-17)28-2)21(26)23(30)24-16-7-5-6-14(10-16)22-25-19-8-3-4-9-20(19)29-22/h3-13H,1-2H3,(H,24,30). The second-order valence-electron chi connectivity index (χ2n) is 6.45. The van der Waals surface area contributed by atoms with Crippen molar-refractivity contribution in [1.29, 1.82) is 0 Å². The minimum absolute atomic E-state index is 0.0556. The molecule has 0 unspecified atom stereocenters. The van der Waals surface area contributed by atoms with Crippen molar-refractivity contribution in [3.8, 4) is 23.0 Å². The third-order valence-electron chi connectivity index (χ3n) is 4.48. The number of para-hydroxylation sites is 2. The van der Waals surface area contributed by atoms with Gasteiger partial charge in [0, 0.05) is 22.9 Å². The van der Waals surface area contributed by atoms with E-state index in [9.17, 15) is 4.79 Å². The molecule has 1 N–H and O–H groups in total. The number of carbonyl (C=O) groups excluding carboxylic acids is 1. The first-order valence-electron chi connectivity index (χ1n) is 9.12. The summed E-state index contributed by atoms with van der Waals surface area (Å²) in [5.74, 6) is 1.18. The van der Waals surface area contributed by atoms with Gasteiger partial charge in [0.1, 0.15) is 17.0 Å². The van der Waals surface area contributed by atoms with Crippen LogP contribution in [0.1, 0.15) is 10.4 Å². The number of nitrogens with one attached hydrogen (secondary N) is 1. The van der Waals surface area contributed by atoms with Crippen molar-refractivity contribution >= 4 is 39.8 Å². The van der Waals surface area contributed by atoms with Gasteiger partial charge in [-0.1, -0.05) is 30.4 Å². The number of benzene rings is 3. The molecule has 0 aliphatic carbocycles. The number of methoxy groups -OCH3 is 2. The lowest BCUT2D eigenvalue weighted by molar-refractivity contribution is 0.106. The summed E-state index contributed by atoms with van der Waals surface area (Å²) >= 11 is 5.33. The summed E-state index contributed by atoms with van der Waals surface area (Å²) in [5.41, 5.74) is 3.29. The van der Waals surface area contributed by atoms with Crippen LogP contribution in [-0.4, -0.2) is 30.0 Å². The Hall–Kier alpha value is -3.71. The number of rotatable bonds is 6. The number of ether oxygens (including phenoxy) is 2. The van der Waals surface area contributed by atoms with Crippen molar-refractivity contribution in [2.75, 3.05) is 19.5 Å². The molecule has 0 aliphatic heterocycles. The van der Waals surface area contributed by atoms with Crippen LogP contribution >= 0.6 is 12.2 Å². The molecular formula is C23H18N2O4S. The molecule has 0 radical (unpaired) electrons. The Labute approximate surface area is 178 Å². The molecule has 4 aromatic rings. The fourth-order valence-electron chi connectivity index (χ4n) is 2.98.